The third-order valence-corrected chi connectivity index (χ3v) is 4.45. The third kappa shape index (κ3) is 5.18. The van der Waals surface area contributed by atoms with Crippen molar-refractivity contribution >= 4 is 5.82 Å². The molecule has 0 unspecified atom stereocenters. The van der Waals surface area contributed by atoms with Gasteiger partial charge in [-0.1, -0.05) is 12.1 Å². The predicted octanol–water partition coefficient (Wildman–Crippen LogP) is 2.26. The van der Waals surface area contributed by atoms with Crippen molar-refractivity contribution in [3.05, 3.63) is 53.7 Å². The maximum absolute atomic E-state index is 10.3. The fraction of sp³-hybridized carbons (Fsp3) is 0.450. The minimum atomic E-state index is -0.484. The molecule has 5 nitrogen and oxygen atoms in total. The van der Waals surface area contributed by atoms with Crippen molar-refractivity contribution in [2.75, 3.05) is 44.2 Å². The quantitative estimate of drug-likeness (QED) is 0.873. The number of hydrogen-bond donors (Lipinski definition) is 1. The van der Waals surface area contributed by atoms with Crippen molar-refractivity contribution in [2.45, 2.75) is 20.0 Å². The molecule has 1 atom stereocenters. The summed E-state index contributed by atoms with van der Waals surface area (Å²) in [5.74, 6) is 1.86. The van der Waals surface area contributed by atoms with E-state index in [2.05, 4.69) is 34.7 Å². The van der Waals surface area contributed by atoms with E-state index in [1.54, 1.807) is 0 Å². The lowest BCUT2D eigenvalue weighted by Crippen LogP contribution is -2.49. The largest absolute Gasteiger partial charge is 0.491 e. The number of nitrogens with zero attached hydrogens (tertiary/aromatic N) is 3. The van der Waals surface area contributed by atoms with E-state index in [0.717, 1.165) is 37.7 Å². The Hall–Kier alpha value is -2.11. The molecule has 2 heterocycles. The number of benzene rings is 1. The molecular formula is C20H27N3O2. The Balaban J connectivity index is 1.42. The second kappa shape index (κ2) is 8.32. The zero-order valence-corrected chi connectivity index (χ0v) is 15.1. The van der Waals surface area contributed by atoms with Gasteiger partial charge in [-0.15, -0.1) is 0 Å². The van der Waals surface area contributed by atoms with Crippen LogP contribution in [0, 0.1) is 13.8 Å². The van der Waals surface area contributed by atoms with Crippen LogP contribution in [0.2, 0.25) is 0 Å². The molecule has 0 bridgehead atoms. The van der Waals surface area contributed by atoms with Crippen LogP contribution < -0.4 is 9.64 Å². The van der Waals surface area contributed by atoms with Crippen LogP contribution in [0.3, 0.4) is 0 Å². The molecule has 1 saturated heterocycles. The van der Waals surface area contributed by atoms with E-state index in [4.69, 9.17) is 4.74 Å². The van der Waals surface area contributed by atoms with Gasteiger partial charge in [-0.25, -0.2) is 4.98 Å². The molecule has 2 aromatic rings. The molecule has 1 aliphatic rings. The molecule has 1 N–H and O–H groups in total. The van der Waals surface area contributed by atoms with Crippen molar-refractivity contribution < 1.29 is 9.84 Å². The Morgan fingerprint density at radius 2 is 1.80 bits per heavy atom. The number of ether oxygens (including phenoxy) is 1. The summed E-state index contributed by atoms with van der Waals surface area (Å²) < 4.78 is 5.76. The number of aromatic nitrogens is 1. The van der Waals surface area contributed by atoms with Gasteiger partial charge in [0.15, 0.2) is 0 Å². The lowest BCUT2D eigenvalue weighted by atomic mass is 10.1. The maximum atomic E-state index is 10.3. The summed E-state index contributed by atoms with van der Waals surface area (Å²) in [6.07, 6.45) is 1.35. The highest BCUT2D eigenvalue weighted by Crippen LogP contribution is 2.17. The topological polar surface area (TPSA) is 48.8 Å². The van der Waals surface area contributed by atoms with E-state index in [9.17, 15) is 5.11 Å². The second-order valence-corrected chi connectivity index (χ2v) is 6.76. The number of anilines is 1. The molecule has 0 amide bonds. The second-order valence-electron chi connectivity index (χ2n) is 6.76. The Labute approximate surface area is 149 Å². The summed E-state index contributed by atoms with van der Waals surface area (Å²) in [7, 11) is 0. The predicted molar refractivity (Wildman–Crippen MR) is 100 cm³/mol. The van der Waals surface area contributed by atoms with Crippen molar-refractivity contribution in [3.8, 4) is 5.75 Å². The Kier molecular flexibility index (Phi) is 5.89. The fourth-order valence-electron chi connectivity index (χ4n) is 3.26. The zero-order chi connectivity index (χ0) is 17.6. The molecule has 134 valence electrons. The van der Waals surface area contributed by atoms with Crippen LogP contribution in [0.1, 0.15) is 11.1 Å². The summed E-state index contributed by atoms with van der Waals surface area (Å²) >= 11 is 0. The van der Waals surface area contributed by atoms with Crippen LogP contribution >= 0.6 is 0 Å². The SMILES string of the molecule is Cc1cc(C)cc(OC[C@@H](O)CN2CCN(c3ccccn3)CC2)c1. The first-order chi connectivity index (χ1) is 12.1. The van der Waals surface area contributed by atoms with E-state index in [1.807, 2.05) is 36.5 Å². The van der Waals surface area contributed by atoms with Gasteiger partial charge in [0.25, 0.3) is 0 Å². The molecule has 3 rings (SSSR count). The van der Waals surface area contributed by atoms with Gasteiger partial charge in [-0.3, -0.25) is 4.90 Å². The lowest BCUT2D eigenvalue weighted by molar-refractivity contribution is 0.0662. The van der Waals surface area contributed by atoms with Crippen molar-refractivity contribution in [1.29, 1.82) is 0 Å². The number of aryl methyl sites for hydroxylation is 2. The average Bonchev–Trinajstić information content (AvgIpc) is 2.61. The van der Waals surface area contributed by atoms with E-state index in [-0.39, 0.29) is 0 Å². The van der Waals surface area contributed by atoms with Crippen molar-refractivity contribution in [1.82, 2.24) is 9.88 Å². The molecular weight excluding hydrogens is 314 g/mol. The summed E-state index contributed by atoms with van der Waals surface area (Å²) in [6, 6.07) is 12.1. The fourth-order valence-corrected chi connectivity index (χ4v) is 3.26. The van der Waals surface area contributed by atoms with Crippen LogP contribution in [0.4, 0.5) is 5.82 Å². The standard InChI is InChI=1S/C20H27N3O2/c1-16-11-17(2)13-19(12-16)25-15-18(24)14-22-7-9-23(10-8-22)20-5-3-4-6-21-20/h3-6,11-13,18,24H,7-10,14-15H2,1-2H3/t18-/m0/s1. The van der Waals surface area contributed by atoms with E-state index in [1.165, 1.54) is 11.1 Å². The summed E-state index contributed by atoms with van der Waals surface area (Å²) in [5, 5.41) is 10.3. The van der Waals surface area contributed by atoms with Crippen LogP contribution in [0.5, 0.6) is 5.75 Å². The van der Waals surface area contributed by atoms with Gasteiger partial charge in [0, 0.05) is 38.9 Å². The molecule has 0 spiro atoms. The Morgan fingerprint density at radius 3 is 2.44 bits per heavy atom. The van der Waals surface area contributed by atoms with Gasteiger partial charge < -0.3 is 14.7 Å². The number of pyridine rings is 1. The van der Waals surface area contributed by atoms with Gasteiger partial charge in [0.2, 0.25) is 0 Å². The smallest absolute Gasteiger partial charge is 0.128 e. The van der Waals surface area contributed by atoms with Crippen LogP contribution in [-0.2, 0) is 0 Å². The normalized spacial score (nSPS) is 16.7. The Morgan fingerprint density at radius 1 is 1.08 bits per heavy atom. The highest BCUT2D eigenvalue weighted by molar-refractivity contribution is 5.38. The molecule has 1 aliphatic heterocycles. The molecule has 1 aromatic carbocycles. The maximum Gasteiger partial charge on any atom is 0.128 e. The van der Waals surface area contributed by atoms with Crippen LogP contribution in [0.15, 0.2) is 42.6 Å². The first-order valence-corrected chi connectivity index (χ1v) is 8.87. The van der Waals surface area contributed by atoms with Crippen LogP contribution in [-0.4, -0.2) is 60.4 Å². The molecule has 5 heteroatoms. The number of aliphatic hydroxyl groups is 1. The number of β-amino-alcohol motifs (C(OH)–C–C–N with tert-alkyl or cyclic N) is 1. The summed E-state index contributed by atoms with van der Waals surface area (Å²) in [6.45, 7) is 8.79. The summed E-state index contributed by atoms with van der Waals surface area (Å²) in [5.41, 5.74) is 2.35. The number of aliphatic hydroxyl groups excluding tert-OH is 1. The van der Waals surface area contributed by atoms with Gasteiger partial charge >= 0.3 is 0 Å². The van der Waals surface area contributed by atoms with Crippen molar-refractivity contribution in [3.63, 3.8) is 0 Å². The highest BCUT2D eigenvalue weighted by Gasteiger charge is 2.20. The zero-order valence-electron chi connectivity index (χ0n) is 15.1. The van der Waals surface area contributed by atoms with E-state index < -0.39 is 6.10 Å². The first-order valence-electron chi connectivity index (χ1n) is 8.87. The van der Waals surface area contributed by atoms with E-state index >= 15 is 0 Å². The van der Waals surface area contributed by atoms with Gasteiger partial charge in [-0.05, 0) is 49.2 Å². The molecule has 25 heavy (non-hydrogen) atoms. The number of hydrogen-bond acceptors (Lipinski definition) is 5. The molecule has 1 fully saturated rings. The molecule has 1 aromatic heterocycles. The van der Waals surface area contributed by atoms with Gasteiger partial charge in [0.05, 0.1) is 0 Å². The molecule has 0 saturated carbocycles. The minimum Gasteiger partial charge on any atom is -0.491 e. The van der Waals surface area contributed by atoms with Crippen LogP contribution in [0.25, 0.3) is 0 Å². The number of rotatable bonds is 6. The lowest BCUT2D eigenvalue weighted by Gasteiger charge is -2.36. The molecule has 0 radical (unpaired) electrons. The number of piperazine rings is 1. The Bertz CT molecular complexity index is 650. The van der Waals surface area contributed by atoms with E-state index in [0.29, 0.717) is 13.2 Å². The monoisotopic (exact) mass is 341 g/mol. The minimum absolute atomic E-state index is 0.323. The highest BCUT2D eigenvalue weighted by atomic mass is 16.5. The van der Waals surface area contributed by atoms with Gasteiger partial charge in [0.1, 0.15) is 24.3 Å². The summed E-state index contributed by atoms with van der Waals surface area (Å²) in [4.78, 5) is 8.98. The molecule has 0 aliphatic carbocycles. The first kappa shape index (κ1) is 17.7. The van der Waals surface area contributed by atoms with Gasteiger partial charge in [-0.2, -0.15) is 0 Å². The van der Waals surface area contributed by atoms with Crippen molar-refractivity contribution in [2.24, 2.45) is 0 Å². The third-order valence-electron chi connectivity index (χ3n) is 4.45. The average molecular weight is 341 g/mol.